The first kappa shape index (κ1) is 27.8. The van der Waals surface area contributed by atoms with Gasteiger partial charge in [-0.3, -0.25) is 4.79 Å². The molecule has 0 radical (unpaired) electrons. The Morgan fingerprint density at radius 2 is 2.03 bits per heavy atom. The van der Waals surface area contributed by atoms with E-state index >= 15 is 4.39 Å². The molecule has 0 saturated carbocycles. The van der Waals surface area contributed by atoms with E-state index in [-0.39, 0.29) is 34.9 Å². The summed E-state index contributed by atoms with van der Waals surface area (Å²) in [6.07, 6.45) is -0.249. The van der Waals surface area contributed by atoms with Crippen LogP contribution in [0.2, 0.25) is 10.0 Å². The van der Waals surface area contributed by atoms with E-state index in [4.69, 9.17) is 28.3 Å². The van der Waals surface area contributed by atoms with Gasteiger partial charge < -0.3 is 20.8 Å². The number of hydrogen-bond donors (Lipinski definition) is 4. The fourth-order valence-electron chi connectivity index (χ4n) is 5.73. The fourth-order valence-corrected chi connectivity index (χ4v) is 6.08. The average molecular weight is 552 g/mol. The zero-order valence-electron chi connectivity index (χ0n) is 21.0. The summed E-state index contributed by atoms with van der Waals surface area (Å²) in [5.74, 6) is -1.35. The van der Waals surface area contributed by atoms with Gasteiger partial charge in [0.2, 0.25) is 5.91 Å². The number of carbonyl (C=O) groups is 2. The van der Waals surface area contributed by atoms with Gasteiger partial charge in [-0.2, -0.15) is 0 Å². The molecule has 2 aliphatic rings. The first-order valence-electron chi connectivity index (χ1n) is 12.3. The summed E-state index contributed by atoms with van der Waals surface area (Å²) in [4.78, 5) is 29.0. The zero-order chi connectivity index (χ0) is 27.1. The van der Waals surface area contributed by atoms with Crippen LogP contribution >= 0.6 is 23.2 Å². The van der Waals surface area contributed by atoms with Crippen molar-refractivity contribution in [1.29, 1.82) is 0 Å². The maximum absolute atomic E-state index is 15.4. The monoisotopic (exact) mass is 551 g/mol. The minimum absolute atomic E-state index is 0.0449. The Labute approximate surface area is 225 Å². The molecule has 200 valence electrons. The number of amides is 3. The molecular weight excluding hydrogens is 520 g/mol. The third kappa shape index (κ3) is 4.98. The van der Waals surface area contributed by atoms with Crippen LogP contribution in [0.1, 0.15) is 50.8 Å². The molecule has 1 spiro atoms. The predicted molar refractivity (Wildman–Crippen MR) is 141 cm³/mol. The minimum atomic E-state index is -1.29. The quantitative estimate of drug-likeness (QED) is 0.421. The highest BCUT2D eigenvalue weighted by Crippen LogP contribution is 2.58. The van der Waals surface area contributed by atoms with Crippen molar-refractivity contribution < 1.29 is 24.2 Å². The summed E-state index contributed by atoms with van der Waals surface area (Å²) >= 11 is 12.5. The third-order valence-corrected chi connectivity index (χ3v) is 7.72. The van der Waals surface area contributed by atoms with Crippen molar-refractivity contribution >= 4 is 40.8 Å². The lowest BCUT2D eigenvalue weighted by atomic mass is 9.63. The van der Waals surface area contributed by atoms with Gasteiger partial charge in [0.15, 0.2) is 0 Å². The number of nitrogens with one attached hydrogen (secondary N) is 2. The maximum atomic E-state index is 15.4. The Kier molecular flexibility index (Phi) is 7.89. The second kappa shape index (κ2) is 10.5. The van der Waals surface area contributed by atoms with E-state index < -0.39 is 41.9 Å². The largest absolute Gasteiger partial charge is 0.394 e. The molecule has 2 aliphatic heterocycles. The molecule has 7 nitrogen and oxygen atoms in total. The van der Waals surface area contributed by atoms with Crippen molar-refractivity contribution in [1.82, 2.24) is 10.6 Å². The van der Waals surface area contributed by atoms with Crippen LogP contribution in [-0.4, -0.2) is 48.0 Å². The first-order valence-corrected chi connectivity index (χ1v) is 13.1. The topological polar surface area (TPSA) is 102 Å². The van der Waals surface area contributed by atoms with Gasteiger partial charge in [0, 0.05) is 23.7 Å². The van der Waals surface area contributed by atoms with Crippen LogP contribution in [-0.2, 0) is 10.2 Å². The normalized spacial score (nSPS) is 24.0. The van der Waals surface area contributed by atoms with Gasteiger partial charge in [-0.25, -0.2) is 14.1 Å². The van der Waals surface area contributed by atoms with Crippen molar-refractivity contribution in [3.63, 3.8) is 0 Å². The van der Waals surface area contributed by atoms with Crippen molar-refractivity contribution in [2.45, 2.75) is 51.2 Å². The Hall–Kier alpha value is -2.23. The van der Waals surface area contributed by atoms with E-state index in [2.05, 4.69) is 31.4 Å². The second-order valence-corrected chi connectivity index (χ2v) is 11.8. The molecule has 0 aromatic heterocycles. The van der Waals surface area contributed by atoms with Gasteiger partial charge in [0.25, 0.3) is 0 Å². The molecule has 10 heteroatoms. The summed E-state index contributed by atoms with van der Waals surface area (Å²) in [6, 6.07) is 8.25. The minimum Gasteiger partial charge on any atom is -0.394 e. The van der Waals surface area contributed by atoms with Crippen LogP contribution in [0.3, 0.4) is 0 Å². The molecule has 0 bridgehead atoms. The fraction of sp³-hybridized carbons (Fsp3) is 0.481. The SMILES string of the molecule is CC(C)(C)C[C@H]1CN[C@@H](c2cccc(Cl)c2F)[C@]12C(=O)N(C(=O)NCC[C@H](O)CO)c1cc(Cl)ccc12. The lowest BCUT2D eigenvalue weighted by Crippen LogP contribution is -2.52. The first-order chi connectivity index (χ1) is 17.4. The van der Waals surface area contributed by atoms with Crippen molar-refractivity contribution in [3.05, 3.63) is 63.4 Å². The molecule has 4 N–H and O–H groups in total. The van der Waals surface area contributed by atoms with E-state index in [9.17, 15) is 14.7 Å². The Bertz CT molecular complexity index is 1200. The molecule has 3 amide bonds. The number of carbonyl (C=O) groups excluding carboxylic acids is 2. The lowest BCUT2D eigenvalue weighted by molar-refractivity contribution is -0.124. The second-order valence-electron chi connectivity index (χ2n) is 11.0. The molecule has 4 rings (SSSR count). The van der Waals surface area contributed by atoms with E-state index in [1.165, 1.54) is 6.07 Å². The van der Waals surface area contributed by atoms with Gasteiger partial charge >= 0.3 is 6.03 Å². The predicted octanol–water partition coefficient (Wildman–Crippen LogP) is 4.57. The van der Waals surface area contributed by atoms with Crippen LogP contribution in [0.15, 0.2) is 36.4 Å². The molecule has 0 aliphatic carbocycles. The number of imide groups is 1. The highest BCUT2D eigenvalue weighted by Gasteiger charge is 2.64. The summed E-state index contributed by atoms with van der Waals surface area (Å²) in [5, 5.41) is 25.1. The average Bonchev–Trinajstić information content (AvgIpc) is 3.30. The number of aliphatic hydroxyl groups is 2. The Morgan fingerprint density at radius 3 is 2.70 bits per heavy atom. The number of anilines is 1. The number of nitrogens with zero attached hydrogens (tertiary/aromatic N) is 1. The summed E-state index contributed by atoms with van der Waals surface area (Å²) in [6.45, 7) is 6.27. The lowest BCUT2D eigenvalue weighted by Gasteiger charge is -2.38. The smallest absolute Gasteiger partial charge is 0.328 e. The summed E-state index contributed by atoms with van der Waals surface area (Å²) < 4.78 is 15.4. The standard InChI is InChI=1S/C27H32Cl2FN3O4/c1-26(2,3)12-15-13-32-23(18-5-4-6-20(29)22(18)30)27(15)19-8-7-16(28)11-21(19)33(24(27)36)25(37)31-10-9-17(35)14-34/h4-8,11,15,17,23,32,34-35H,9-10,12-14H2,1-3H3,(H,31,37)/t15-,17-,23-,27-/m0/s1. The highest BCUT2D eigenvalue weighted by atomic mass is 35.5. The van der Waals surface area contributed by atoms with Crippen LogP contribution in [0.25, 0.3) is 0 Å². The van der Waals surface area contributed by atoms with Gasteiger partial charge in [0.1, 0.15) is 11.2 Å². The van der Waals surface area contributed by atoms with E-state index in [0.29, 0.717) is 29.2 Å². The highest BCUT2D eigenvalue weighted by molar-refractivity contribution is 6.32. The van der Waals surface area contributed by atoms with Crippen molar-refractivity contribution in [3.8, 4) is 0 Å². The van der Waals surface area contributed by atoms with Gasteiger partial charge in [-0.15, -0.1) is 0 Å². The Morgan fingerprint density at radius 1 is 1.30 bits per heavy atom. The number of fused-ring (bicyclic) bond motifs is 2. The number of urea groups is 1. The summed E-state index contributed by atoms with van der Waals surface area (Å²) in [5.41, 5.74) is -0.264. The van der Waals surface area contributed by atoms with Gasteiger partial charge in [-0.05, 0) is 47.9 Å². The Balaban J connectivity index is 1.86. The van der Waals surface area contributed by atoms with E-state index in [1.807, 2.05) is 0 Å². The molecule has 2 heterocycles. The maximum Gasteiger partial charge on any atom is 0.328 e. The zero-order valence-corrected chi connectivity index (χ0v) is 22.5. The molecule has 2 aromatic rings. The van der Waals surface area contributed by atoms with Gasteiger partial charge in [-0.1, -0.05) is 62.2 Å². The molecule has 1 fully saturated rings. The van der Waals surface area contributed by atoms with E-state index in [1.54, 1.807) is 30.3 Å². The number of hydrogen-bond acceptors (Lipinski definition) is 5. The molecule has 0 unspecified atom stereocenters. The molecule has 4 atom stereocenters. The number of rotatable bonds is 6. The number of benzene rings is 2. The van der Waals surface area contributed by atoms with Crippen LogP contribution in [0, 0.1) is 17.2 Å². The molecular formula is C27H32Cl2FN3O4. The van der Waals surface area contributed by atoms with Gasteiger partial charge in [0.05, 0.1) is 29.5 Å². The molecule has 37 heavy (non-hydrogen) atoms. The van der Waals surface area contributed by atoms with Crippen molar-refractivity contribution in [2.24, 2.45) is 11.3 Å². The van der Waals surface area contributed by atoms with E-state index in [0.717, 1.165) is 4.90 Å². The van der Waals surface area contributed by atoms with Crippen LogP contribution in [0.5, 0.6) is 0 Å². The number of halogens is 3. The molecule has 2 aromatic carbocycles. The van der Waals surface area contributed by atoms with Crippen molar-refractivity contribution in [2.75, 3.05) is 24.6 Å². The van der Waals surface area contributed by atoms with Crippen LogP contribution < -0.4 is 15.5 Å². The third-order valence-electron chi connectivity index (χ3n) is 7.19. The summed E-state index contributed by atoms with van der Waals surface area (Å²) in [7, 11) is 0. The molecule has 1 saturated heterocycles. The number of aliphatic hydroxyl groups excluding tert-OH is 2. The van der Waals surface area contributed by atoms with Crippen LogP contribution in [0.4, 0.5) is 14.9 Å².